The largest absolute Gasteiger partial charge is 0.483 e. The summed E-state index contributed by atoms with van der Waals surface area (Å²) in [5.74, 6) is 0.0800. The van der Waals surface area contributed by atoms with Gasteiger partial charge in [-0.05, 0) is 43.7 Å². The van der Waals surface area contributed by atoms with Crippen molar-refractivity contribution in [2.24, 2.45) is 0 Å². The van der Waals surface area contributed by atoms with Crippen LogP contribution in [0.5, 0.6) is 5.75 Å². The van der Waals surface area contributed by atoms with E-state index in [1.807, 2.05) is 31.2 Å². The molecule has 0 radical (unpaired) electrons. The minimum Gasteiger partial charge on any atom is -0.483 e. The molecule has 2 aromatic rings. The zero-order chi connectivity index (χ0) is 15.2. The molecule has 0 aliphatic carbocycles. The number of hydrogen-bond donors (Lipinski definition) is 1. The van der Waals surface area contributed by atoms with Crippen LogP contribution in [0.1, 0.15) is 22.8 Å². The number of para-hydroxylation sites is 1. The Bertz CT molecular complexity index is 650. The molecule has 0 saturated heterocycles. The van der Waals surface area contributed by atoms with Gasteiger partial charge in [0, 0.05) is 5.69 Å². The zero-order valence-corrected chi connectivity index (χ0v) is 12.1. The number of hydrogen-bond acceptors (Lipinski definition) is 3. The van der Waals surface area contributed by atoms with E-state index in [0.717, 1.165) is 5.56 Å². The number of Topliss-reactive ketones (excluding diaryl/α,β-unsaturated/α-hetero) is 1. The van der Waals surface area contributed by atoms with Gasteiger partial charge < -0.3 is 10.1 Å². The maximum atomic E-state index is 11.8. The van der Waals surface area contributed by atoms with Gasteiger partial charge in [-0.3, -0.25) is 9.59 Å². The Kier molecular flexibility index (Phi) is 4.72. The zero-order valence-electron chi connectivity index (χ0n) is 12.1. The topological polar surface area (TPSA) is 55.4 Å². The Morgan fingerprint density at radius 3 is 2.48 bits per heavy atom. The normalized spacial score (nSPS) is 10.0. The van der Waals surface area contributed by atoms with Crippen LogP contribution in [0.3, 0.4) is 0 Å². The first-order valence-corrected chi connectivity index (χ1v) is 6.65. The first-order valence-electron chi connectivity index (χ1n) is 6.65. The Morgan fingerprint density at radius 2 is 1.81 bits per heavy atom. The standard InChI is InChI=1S/C17H17NO3/c1-12-8-9-15(13(2)19)16(10-12)21-11-17(20)18-14-6-4-3-5-7-14/h3-10H,11H2,1-2H3,(H,18,20). The van der Waals surface area contributed by atoms with Crippen molar-refractivity contribution in [1.82, 2.24) is 0 Å². The van der Waals surface area contributed by atoms with E-state index in [-0.39, 0.29) is 18.3 Å². The predicted molar refractivity (Wildman–Crippen MR) is 81.8 cm³/mol. The Morgan fingerprint density at radius 1 is 1.10 bits per heavy atom. The SMILES string of the molecule is CC(=O)c1ccc(C)cc1OCC(=O)Nc1ccccc1. The van der Waals surface area contributed by atoms with Crippen molar-refractivity contribution in [3.05, 3.63) is 59.7 Å². The Balaban J connectivity index is 2.01. The van der Waals surface area contributed by atoms with Gasteiger partial charge >= 0.3 is 0 Å². The number of benzene rings is 2. The fraction of sp³-hybridized carbons (Fsp3) is 0.176. The molecule has 4 heteroatoms. The quantitative estimate of drug-likeness (QED) is 0.857. The maximum absolute atomic E-state index is 11.8. The van der Waals surface area contributed by atoms with Crippen LogP contribution in [0, 0.1) is 6.92 Å². The van der Waals surface area contributed by atoms with Crippen LogP contribution in [-0.2, 0) is 4.79 Å². The van der Waals surface area contributed by atoms with Crippen LogP contribution in [0.15, 0.2) is 48.5 Å². The van der Waals surface area contributed by atoms with Crippen molar-refractivity contribution >= 4 is 17.4 Å². The number of amides is 1. The van der Waals surface area contributed by atoms with Crippen LogP contribution < -0.4 is 10.1 Å². The molecule has 0 aliphatic heterocycles. The number of rotatable bonds is 5. The van der Waals surface area contributed by atoms with E-state index in [2.05, 4.69) is 5.32 Å². The molecule has 108 valence electrons. The van der Waals surface area contributed by atoms with Gasteiger partial charge in [-0.15, -0.1) is 0 Å². The molecule has 0 saturated carbocycles. The summed E-state index contributed by atoms with van der Waals surface area (Å²) in [6, 6.07) is 14.5. The molecule has 4 nitrogen and oxygen atoms in total. The number of anilines is 1. The first kappa shape index (κ1) is 14.8. The van der Waals surface area contributed by atoms with Gasteiger partial charge in [0.1, 0.15) is 5.75 Å². The second-order valence-electron chi connectivity index (χ2n) is 4.76. The minimum atomic E-state index is -0.266. The molecule has 0 atom stereocenters. The lowest BCUT2D eigenvalue weighted by molar-refractivity contribution is -0.118. The fourth-order valence-corrected chi connectivity index (χ4v) is 1.90. The van der Waals surface area contributed by atoms with Crippen molar-refractivity contribution in [3.8, 4) is 5.75 Å². The number of ketones is 1. The molecular weight excluding hydrogens is 266 g/mol. The molecule has 2 rings (SSSR count). The van der Waals surface area contributed by atoms with E-state index >= 15 is 0 Å². The predicted octanol–water partition coefficient (Wildman–Crippen LogP) is 3.22. The summed E-state index contributed by atoms with van der Waals surface area (Å²) in [5.41, 5.74) is 2.16. The third kappa shape index (κ3) is 4.18. The lowest BCUT2D eigenvalue weighted by Gasteiger charge is -2.11. The highest BCUT2D eigenvalue weighted by Crippen LogP contribution is 2.21. The third-order valence-corrected chi connectivity index (χ3v) is 2.93. The molecule has 0 bridgehead atoms. The monoisotopic (exact) mass is 283 g/mol. The molecule has 1 N–H and O–H groups in total. The summed E-state index contributed by atoms with van der Waals surface area (Å²) in [6.07, 6.45) is 0. The molecule has 0 spiro atoms. The van der Waals surface area contributed by atoms with Crippen LogP contribution in [0.25, 0.3) is 0 Å². The van der Waals surface area contributed by atoms with Crippen molar-refractivity contribution in [2.75, 3.05) is 11.9 Å². The summed E-state index contributed by atoms with van der Waals surface area (Å²) in [4.78, 5) is 23.4. The first-order chi connectivity index (χ1) is 10.1. The van der Waals surface area contributed by atoms with Gasteiger partial charge in [-0.25, -0.2) is 0 Å². The van der Waals surface area contributed by atoms with E-state index in [0.29, 0.717) is 17.0 Å². The maximum Gasteiger partial charge on any atom is 0.262 e. The summed E-state index contributed by atoms with van der Waals surface area (Å²) in [7, 11) is 0. The van der Waals surface area contributed by atoms with Gasteiger partial charge in [0.25, 0.3) is 5.91 Å². The molecule has 1 amide bonds. The minimum absolute atomic E-state index is 0.0894. The molecule has 0 fully saturated rings. The summed E-state index contributed by atoms with van der Waals surface area (Å²) < 4.78 is 5.48. The molecule has 21 heavy (non-hydrogen) atoms. The van der Waals surface area contributed by atoms with E-state index < -0.39 is 0 Å². The van der Waals surface area contributed by atoms with E-state index in [1.54, 1.807) is 24.3 Å². The second-order valence-corrected chi connectivity index (χ2v) is 4.76. The van der Waals surface area contributed by atoms with Gasteiger partial charge in [-0.1, -0.05) is 24.3 Å². The van der Waals surface area contributed by atoms with Crippen molar-refractivity contribution in [2.45, 2.75) is 13.8 Å². The lowest BCUT2D eigenvalue weighted by Crippen LogP contribution is -2.20. The summed E-state index contributed by atoms with van der Waals surface area (Å²) >= 11 is 0. The summed E-state index contributed by atoms with van der Waals surface area (Å²) in [6.45, 7) is 3.24. The van der Waals surface area contributed by atoms with Crippen LogP contribution >= 0.6 is 0 Å². The second kappa shape index (κ2) is 6.70. The van der Waals surface area contributed by atoms with Crippen LogP contribution in [0.4, 0.5) is 5.69 Å². The average Bonchev–Trinajstić information content (AvgIpc) is 2.46. The highest BCUT2D eigenvalue weighted by Gasteiger charge is 2.10. The number of ether oxygens (including phenoxy) is 1. The molecule has 0 heterocycles. The number of carbonyl (C=O) groups is 2. The van der Waals surface area contributed by atoms with Crippen molar-refractivity contribution in [1.29, 1.82) is 0 Å². The average molecular weight is 283 g/mol. The van der Waals surface area contributed by atoms with Gasteiger partial charge in [0.05, 0.1) is 5.56 Å². The van der Waals surface area contributed by atoms with Crippen molar-refractivity contribution < 1.29 is 14.3 Å². The number of carbonyl (C=O) groups excluding carboxylic acids is 2. The summed E-state index contributed by atoms with van der Waals surface area (Å²) in [5, 5.41) is 2.73. The van der Waals surface area contributed by atoms with Crippen LogP contribution in [0.2, 0.25) is 0 Å². The fourth-order valence-electron chi connectivity index (χ4n) is 1.90. The Labute approximate surface area is 123 Å². The lowest BCUT2D eigenvalue weighted by atomic mass is 10.1. The van der Waals surface area contributed by atoms with E-state index in [4.69, 9.17) is 4.74 Å². The van der Waals surface area contributed by atoms with E-state index in [1.165, 1.54) is 6.92 Å². The number of nitrogens with one attached hydrogen (secondary N) is 1. The molecule has 0 unspecified atom stereocenters. The van der Waals surface area contributed by atoms with Crippen LogP contribution in [-0.4, -0.2) is 18.3 Å². The van der Waals surface area contributed by atoms with Gasteiger partial charge in [-0.2, -0.15) is 0 Å². The molecule has 0 aliphatic rings. The highest BCUT2D eigenvalue weighted by atomic mass is 16.5. The Hall–Kier alpha value is -2.62. The van der Waals surface area contributed by atoms with Gasteiger partial charge in [0.15, 0.2) is 12.4 Å². The number of aryl methyl sites for hydroxylation is 1. The highest BCUT2D eigenvalue weighted by molar-refractivity contribution is 5.97. The smallest absolute Gasteiger partial charge is 0.262 e. The molecule has 0 aromatic heterocycles. The van der Waals surface area contributed by atoms with E-state index in [9.17, 15) is 9.59 Å². The van der Waals surface area contributed by atoms with Crippen molar-refractivity contribution in [3.63, 3.8) is 0 Å². The molecular formula is C17H17NO3. The third-order valence-electron chi connectivity index (χ3n) is 2.93. The molecule has 2 aromatic carbocycles. The van der Waals surface area contributed by atoms with Gasteiger partial charge in [0.2, 0.25) is 0 Å².